The van der Waals surface area contributed by atoms with Crippen LogP contribution in [0.3, 0.4) is 0 Å². The van der Waals surface area contributed by atoms with Crippen molar-refractivity contribution in [2.45, 2.75) is 32.4 Å². The van der Waals surface area contributed by atoms with Gasteiger partial charge in [0.05, 0.1) is 13.2 Å². The van der Waals surface area contributed by atoms with Gasteiger partial charge in [0.2, 0.25) is 0 Å². The van der Waals surface area contributed by atoms with E-state index >= 15 is 0 Å². The molecular formula is C14H19NO. The summed E-state index contributed by atoms with van der Waals surface area (Å²) in [6, 6.07) is 8.61. The van der Waals surface area contributed by atoms with Crippen molar-refractivity contribution in [3.8, 4) is 18.1 Å². The molecular weight excluding hydrogens is 198 g/mol. The van der Waals surface area contributed by atoms with Gasteiger partial charge in [0.1, 0.15) is 5.75 Å². The summed E-state index contributed by atoms with van der Waals surface area (Å²) in [4.78, 5) is 0. The third kappa shape index (κ3) is 3.96. The Balaban J connectivity index is 2.50. The van der Waals surface area contributed by atoms with E-state index in [1.807, 2.05) is 19.1 Å². The van der Waals surface area contributed by atoms with E-state index in [2.05, 4.69) is 30.3 Å². The van der Waals surface area contributed by atoms with Crippen LogP contribution in [0.2, 0.25) is 0 Å². The highest BCUT2D eigenvalue weighted by atomic mass is 16.5. The van der Waals surface area contributed by atoms with Crippen molar-refractivity contribution in [3.63, 3.8) is 0 Å². The number of benzene rings is 1. The topological polar surface area (TPSA) is 21.3 Å². The molecule has 1 aromatic carbocycles. The minimum Gasteiger partial charge on any atom is -0.497 e. The molecule has 0 bridgehead atoms. The Bertz CT molecular complexity index is 350. The standard InChI is InChI=1S/C14H19NO/c1-5-11(2)15-12(3)10-13-6-8-14(16-4)9-7-13/h1,6-9,11-12,15H,10H2,2-4H3. The maximum Gasteiger partial charge on any atom is 0.118 e. The van der Waals surface area contributed by atoms with Crippen molar-refractivity contribution in [1.29, 1.82) is 0 Å². The minimum absolute atomic E-state index is 0.119. The van der Waals surface area contributed by atoms with Crippen LogP contribution in [0, 0.1) is 12.3 Å². The molecule has 0 heterocycles. The quantitative estimate of drug-likeness (QED) is 0.764. The van der Waals surface area contributed by atoms with Gasteiger partial charge in [0, 0.05) is 6.04 Å². The van der Waals surface area contributed by atoms with Crippen molar-refractivity contribution in [1.82, 2.24) is 5.32 Å². The summed E-state index contributed by atoms with van der Waals surface area (Å²) in [5, 5.41) is 3.34. The van der Waals surface area contributed by atoms with Gasteiger partial charge in [-0.1, -0.05) is 18.1 Å². The lowest BCUT2D eigenvalue weighted by Crippen LogP contribution is -2.34. The molecule has 1 N–H and O–H groups in total. The fourth-order valence-corrected chi connectivity index (χ4v) is 1.65. The number of rotatable bonds is 5. The summed E-state index contributed by atoms with van der Waals surface area (Å²) >= 11 is 0. The van der Waals surface area contributed by atoms with Gasteiger partial charge in [-0.05, 0) is 38.0 Å². The maximum absolute atomic E-state index is 5.32. The van der Waals surface area contributed by atoms with Crippen molar-refractivity contribution >= 4 is 0 Å². The van der Waals surface area contributed by atoms with Crippen molar-refractivity contribution in [2.75, 3.05) is 7.11 Å². The highest BCUT2D eigenvalue weighted by Crippen LogP contribution is 2.12. The molecule has 0 saturated heterocycles. The number of ether oxygens (including phenoxy) is 1. The largest absolute Gasteiger partial charge is 0.497 e. The summed E-state index contributed by atoms with van der Waals surface area (Å²) in [7, 11) is 1.67. The molecule has 0 aliphatic heterocycles. The first-order valence-corrected chi connectivity index (χ1v) is 5.50. The van der Waals surface area contributed by atoms with Crippen LogP contribution in [-0.4, -0.2) is 19.2 Å². The van der Waals surface area contributed by atoms with E-state index in [4.69, 9.17) is 11.2 Å². The first kappa shape index (κ1) is 12.6. The van der Waals surface area contributed by atoms with Gasteiger partial charge >= 0.3 is 0 Å². The summed E-state index contributed by atoms with van der Waals surface area (Å²) in [5.74, 6) is 3.56. The Morgan fingerprint density at radius 2 is 1.94 bits per heavy atom. The molecule has 1 rings (SSSR count). The van der Waals surface area contributed by atoms with E-state index in [1.165, 1.54) is 5.56 Å². The van der Waals surface area contributed by atoms with E-state index in [1.54, 1.807) is 7.11 Å². The second-order valence-corrected chi connectivity index (χ2v) is 4.01. The van der Waals surface area contributed by atoms with Crippen LogP contribution >= 0.6 is 0 Å². The number of methoxy groups -OCH3 is 1. The fourth-order valence-electron chi connectivity index (χ4n) is 1.65. The van der Waals surface area contributed by atoms with Crippen LogP contribution in [0.5, 0.6) is 5.75 Å². The van der Waals surface area contributed by atoms with E-state index in [-0.39, 0.29) is 6.04 Å². The van der Waals surface area contributed by atoms with E-state index in [0.29, 0.717) is 6.04 Å². The molecule has 0 aliphatic carbocycles. The summed E-state index contributed by atoms with van der Waals surface area (Å²) in [6.45, 7) is 4.13. The minimum atomic E-state index is 0.119. The monoisotopic (exact) mass is 217 g/mol. The smallest absolute Gasteiger partial charge is 0.118 e. The van der Waals surface area contributed by atoms with E-state index in [9.17, 15) is 0 Å². The summed E-state index contributed by atoms with van der Waals surface area (Å²) in [5.41, 5.74) is 1.28. The zero-order valence-electron chi connectivity index (χ0n) is 10.2. The molecule has 16 heavy (non-hydrogen) atoms. The first-order valence-electron chi connectivity index (χ1n) is 5.50. The zero-order valence-corrected chi connectivity index (χ0v) is 10.2. The lowest BCUT2D eigenvalue weighted by molar-refractivity contribution is 0.414. The van der Waals surface area contributed by atoms with Crippen LogP contribution in [0.4, 0.5) is 0 Å². The average molecular weight is 217 g/mol. The van der Waals surface area contributed by atoms with Gasteiger partial charge in [-0.15, -0.1) is 6.42 Å². The first-order chi connectivity index (χ1) is 7.65. The molecule has 0 aromatic heterocycles. The van der Waals surface area contributed by atoms with Crippen LogP contribution < -0.4 is 10.1 Å². The van der Waals surface area contributed by atoms with Gasteiger partial charge in [-0.3, -0.25) is 0 Å². The van der Waals surface area contributed by atoms with E-state index < -0.39 is 0 Å². The highest BCUT2D eigenvalue weighted by Gasteiger charge is 2.05. The Morgan fingerprint density at radius 1 is 1.31 bits per heavy atom. The molecule has 1 aromatic rings. The Labute approximate surface area is 98.0 Å². The number of hydrogen-bond acceptors (Lipinski definition) is 2. The van der Waals surface area contributed by atoms with Gasteiger partial charge in [-0.25, -0.2) is 0 Å². The molecule has 0 aliphatic rings. The Kier molecular flexibility index (Phi) is 4.88. The molecule has 2 unspecified atom stereocenters. The van der Waals surface area contributed by atoms with Gasteiger partial charge in [0.15, 0.2) is 0 Å². The lowest BCUT2D eigenvalue weighted by Gasteiger charge is -2.16. The number of terminal acetylenes is 1. The molecule has 86 valence electrons. The third-order valence-electron chi connectivity index (χ3n) is 2.49. The Hall–Kier alpha value is -1.46. The average Bonchev–Trinajstić information content (AvgIpc) is 2.29. The molecule has 0 fully saturated rings. The predicted molar refractivity (Wildman–Crippen MR) is 67.6 cm³/mol. The van der Waals surface area contributed by atoms with Crippen LogP contribution in [0.25, 0.3) is 0 Å². The van der Waals surface area contributed by atoms with Gasteiger partial charge < -0.3 is 10.1 Å². The number of nitrogens with one attached hydrogen (secondary N) is 1. The molecule has 2 nitrogen and oxygen atoms in total. The lowest BCUT2D eigenvalue weighted by atomic mass is 10.1. The molecule has 0 radical (unpaired) electrons. The SMILES string of the molecule is C#CC(C)NC(C)Cc1ccc(OC)cc1. The summed E-state index contributed by atoms with van der Waals surface area (Å²) in [6.07, 6.45) is 6.29. The van der Waals surface area contributed by atoms with Crippen molar-refractivity contribution < 1.29 is 4.74 Å². The highest BCUT2D eigenvalue weighted by molar-refractivity contribution is 5.27. The second-order valence-electron chi connectivity index (χ2n) is 4.01. The third-order valence-corrected chi connectivity index (χ3v) is 2.49. The number of hydrogen-bond donors (Lipinski definition) is 1. The molecule has 0 saturated carbocycles. The van der Waals surface area contributed by atoms with Gasteiger partial charge in [0.25, 0.3) is 0 Å². The van der Waals surface area contributed by atoms with Crippen molar-refractivity contribution in [2.24, 2.45) is 0 Å². The molecule has 2 heteroatoms. The van der Waals surface area contributed by atoms with E-state index in [0.717, 1.165) is 12.2 Å². The normalized spacial score (nSPS) is 13.9. The summed E-state index contributed by atoms with van der Waals surface area (Å²) < 4.78 is 5.11. The van der Waals surface area contributed by atoms with Crippen LogP contribution in [0.15, 0.2) is 24.3 Å². The van der Waals surface area contributed by atoms with Crippen molar-refractivity contribution in [3.05, 3.63) is 29.8 Å². The zero-order chi connectivity index (χ0) is 12.0. The van der Waals surface area contributed by atoms with Crippen LogP contribution in [0.1, 0.15) is 19.4 Å². The van der Waals surface area contributed by atoms with Gasteiger partial charge in [-0.2, -0.15) is 0 Å². The fraction of sp³-hybridized carbons (Fsp3) is 0.429. The molecule has 2 atom stereocenters. The predicted octanol–water partition coefficient (Wildman–Crippen LogP) is 2.24. The molecule has 0 spiro atoms. The van der Waals surface area contributed by atoms with Crippen LogP contribution in [-0.2, 0) is 6.42 Å². The Morgan fingerprint density at radius 3 is 2.44 bits per heavy atom. The maximum atomic E-state index is 5.32. The molecule has 0 amide bonds. The second kappa shape index (κ2) is 6.19.